The van der Waals surface area contributed by atoms with E-state index in [-0.39, 0.29) is 36.3 Å². The number of carbonyl (C=O) groups excluding carboxylic acids is 1. The summed E-state index contributed by atoms with van der Waals surface area (Å²) in [5, 5.41) is 8.94. The largest absolute Gasteiger partial charge is 0.338 e. The van der Waals surface area contributed by atoms with E-state index in [2.05, 4.69) is 32.2 Å². The molecule has 1 unspecified atom stereocenters. The molecule has 3 heterocycles. The van der Waals surface area contributed by atoms with Gasteiger partial charge in [0.25, 0.3) is 5.91 Å². The van der Waals surface area contributed by atoms with E-state index in [4.69, 9.17) is 10.1 Å². The van der Waals surface area contributed by atoms with Gasteiger partial charge in [-0.3, -0.25) is 4.79 Å². The molecule has 0 spiro atoms. The van der Waals surface area contributed by atoms with Gasteiger partial charge in [-0.05, 0) is 72.5 Å². The van der Waals surface area contributed by atoms with Gasteiger partial charge >= 0.3 is 0 Å². The number of carbonyl (C=O) groups is 1. The van der Waals surface area contributed by atoms with Crippen LogP contribution in [0.5, 0.6) is 0 Å². The van der Waals surface area contributed by atoms with Gasteiger partial charge in [-0.2, -0.15) is 5.10 Å². The van der Waals surface area contributed by atoms with Gasteiger partial charge < -0.3 is 10.2 Å². The Labute approximate surface area is 185 Å². The third kappa shape index (κ3) is 4.54. The normalized spacial score (nSPS) is 19.2. The summed E-state index contributed by atoms with van der Waals surface area (Å²) in [5.74, 6) is 1.18. The second-order valence-electron chi connectivity index (χ2n) is 9.20. The van der Waals surface area contributed by atoms with E-state index in [1.54, 1.807) is 0 Å². The van der Waals surface area contributed by atoms with Crippen molar-refractivity contribution in [2.45, 2.75) is 58.4 Å². The summed E-state index contributed by atoms with van der Waals surface area (Å²) in [6.07, 6.45) is 3.40. The molecule has 1 saturated heterocycles. The van der Waals surface area contributed by atoms with E-state index in [9.17, 15) is 4.79 Å². The molecule has 2 aromatic heterocycles. The third-order valence-corrected chi connectivity index (χ3v) is 5.76. The van der Waals surface area contributed by atoms with Gasteiger partial charge in [-0.15, -0.1) is 24.8 Å². The Morgan fingerprint density at radius 3 is 2.52 bits per heavy atom. The lowest BCUT2D eigenvalue weighted by atomic mass is 10.1. The predicted octanol–water partition coefficient (Wildman–Crippen LogP) is 3.90. The summed E-state index contributed by atoms with van der Waals surface area (Å²) in [7, 11) is 1.98. The van der Waals surface area contributed by atoms with Crippen LogP contribution >= 0.6 is 24.8 Å². The summed E-state index contributed by atoms with van der Waals surface area (Å²) in [4.78, 5) is 20.4. The Morgan fingerprint density at radius 1 is 1.24 bits per heavy atom. The SMILES string of the molecule is CNCC1CCN(C(=O)c2cc(C3CC3)nc3c2c(C)nn3C(C)(C)C)C1.Cl.Cl. The molecule has 2 fully saturated rings. The number of rotatable bonds is 4. The molecule has 6 nitrogen and oxygen atoms in total. The zero-order valence-electron chi connectivity index (χ0n) is 18.0. The Balaban J connectivity index is 0.00000150. The highest BCUT2D eigenvalue weighted by atomic mass is 35.5. The molecule has 162 valence electrons. The van der Waals surface area contributed by atoms with Gasteiger partial charge in [0.05, 0.1) is 22.2 Å². The first-order chi connectivity index (χ1) is 12.8. The van der Waals surface area contributed by atoms with Crippen molar-refractivity contribution in [3.8, 4) is 0 Å². The standard InChI is InChI=1S/C21H31N5O.2ClH/c1-13-18-16(20(27)25-9-8-14(12-25)11-22-5)10-17(15-6-7-15)23-19(18)26(24-13)21(2,3)4;;/h10,14-15,22H,6-9,11-12H2,1-5H3;2*1H. The number of fused-ring (bicyclic) bond motifs is 1. The van der Waals surface area contributed by atoms with Crippen molar-refractivity contribution in [2.75, 3.05) is 26.7 Å². The molecule has 0 bridgehead atoms. The molecule has 0 aromatic carbocycles. The molecule has 2 aromatic rings. The maximum absolute atomic E-state index is 13.5. The maximum atomic E-state index is 13.5. The van der Waals surface area contributed by atoms with Gasteiger partial charge in [0, 0.05) is 24.7 Å². The van der Waals surface area contributed by atoms with Crippen molar-refractivity contribution in [1.82, 2.24) is 25.0 Å². The van der Waals surface area contributed by atoms with E-state index < -0.39 is 0 Å². The van der Waals surface area contributed by atoms with Crippen LogP contribution in [-0.4, -0.2) is 52.3 Å². The van der Waals surface area contributed by atoms with Crippen LogP contribution in [0.1, 0.15) is 67.7 Å². The average Bonchev–Trinajstić information content (AvgIpc) is 3.26. The van der Waals surface area contributed by atoms with E-state index >= 15 is 0 Å². The smallest absolute Gasteiger partial charge is 0.254 e. The zero-order valence-corrected chi connectivity index (χ0v) is 19.6. The van der Waals surface area contributed by atoms with Gasteiger partial charge in [0.15, 0.2) is 5.65 Å². The van der Waals surface area contributed by atoms with Crippen LogP contribution in [0, 0.1) is 12.8 Å². The van der Waals surface area contributed by atoms with E-state index in [1.807, 2.05) is 23.6 Å². The number of hydrogen-bond acceptors (Lipinski definition) is 4. The molecule has 29 heavy (non-hydrogen) atoms. The topological polar surface area (TPSA) is 63.1 Å². The van der Waals surface area contributed by atoms with Crippen molar-refractivity contribution >= 4 is 41.8 Å². The lowest BCUT2D eigenvalue weighted by molar-refractivity contribution is 0.0789. The van der Waals surface area contributed by atoms with Crippen molar-refractivity contribution in [3.63, 3.8) is 0 Å². The molecule has 2 aliphatic rings. The highest BCUT2D eigenvalue weighted by molar-refractivity contribution is 6.06. The van der Waals surface area contributed by atoms with Crippen LogP contribution < -0.4 is 5.32 Å². The molecule has 0 radical (unpaired) electrons. The highest BCUT2D eigenvalue weighted by Crippen LogP contribution is 2.41. The van der Waals surface area contributed by atoms with Crippen LogP contribution in [0.15, 0.2) is 6.07 Å². The average molecular weight is 442 g/mol. The Morgan fingerprint density at radius 2 is 1.93 bits per heavy atom. The number of hydrogen-bond donors (Lipinski definition) is 1. The van der Waals surface area contributed by atoms with Crippen molar-refractivity contribution < 1.29 is 4.79 Å². The summed E-state index contributed by atoms with van der Waals surface area (Å²) >= 11 is 0. The minimum Gasteiger partial charge on any atom is -0.338 e. The summed E-state index contributed by atoms with van der Waals surface area (Å²) in [6.45, 7) is 11.0. The molecule has 1 aliphatic carbocycles. The third-order valence-electron chi connectivity index (χ3n) is 5.76. The molecule has 1 N–H and O–H groups in total. The maximum Gasteiger partial charge on any atom is 0.254 e. The van der Waals surface area contributed by atoms with Gasteiger partial charge in [-0.1, -0.05) is 0 Å². The number of nitrogens with zero attached hydrogens (tertiary/aromatic N) is 4. The molecule has 4 rings (SSSR count). The highest BCUT2D eigenvalue weighted by Gasteiger charge is 2.33. The van der Waals surface area contributed by atoms with E-state index in [1.165, 1.54) is 12.8 Å². The minimum absolute atomic E-state index is 0. The lowest BCUT2D eigenvalue weighted by Crippen LogP contribution is -2.30. The van der Waals surface area contributed by atoms with Crippen LogP contribution in [-0.2, 0) is 5.54 Å². The van der Waals surface area contributed by atoms with E-state index in [0.717, 1.165) is 54.0 Å². The summed E-state index contributed by atoms with van der Waals surface area (Å²) in [6, 6.07) is 2.05. The molecule has 8 heteroatoms. The van der Waals surface area contributed by atoms with Crippen LogP contribution in [0.4, 0.5) is 0 Å². The number of nitrogens with one attached hydrogen (secondary N) is 1. The second kappa shape index (κ2) is 8.78. The first-order valence-electron chi connectivity index (χ1n) is 10.1. The summed E-state index contributed by atoms with van der Waals surface area (Å²) < 4.78 is 1.99. The Hall–Kier alpha value is -1.37. The van der Waals surface area contributed by atoms with Crippen molar-refractivity contribution in [3.05, 3.63) is 23.0 Å². The van der Waals surface area contributed by atoms with Gasteiger partial charge in [0.2, 0.25) is 0 Å². The van der Waals surface area contributed by atoms with Crippen molar-refractivity contribution in [1.29, 1.82) is 0 Å². The lowest BCUT2D eigenvalue weighted by Gasteiger charge is -2.21. The van der Waals surface area contributed by atoms with Gasteiger partial charge in [0.1, 0.15) is 0 Å². The molecule has 1 atom stereocenters. The fraction of sp³-hybridized carbons (Fsp3) is 0.667. The number of aryl methyl sites for hydroxylation is 1. The molecular formula is C21H33Cl2N5O. The van der Waals surface area contributed by atoms with Crippen LogP contribution in [0.25, 0.3) is 11.0 Å². The minimum atomic E-state index is -0.173. The van der Waals surface area contributed by atoms with E-state index in [0.29, 0.717) is 11.8 Å². The van der Waals surface area contributed by atoms with Crippen LogP contribution in [0.2, 0.25) is 0 Å². The molecule has 1 amide bonds. The quantitative estimate of drug-likeness (QED) is 0.780. The molecule has 1 aliphatic heterocycles. The Bertz CT molecular complexity index is 885. The zero-order chi connectivity index (χ0) is 19.3. The number of pyridine rings is 1. The molecular weight excluding hydrogens is 409 g/mol. The fourth-order valence-electron chi connectivity index (χ4n) is 4.18. The number of amides is 1. The summed E-state index contributed by atoms with van der Waals surface area (Å²) in [5.41, 5.74) is 3.43. The van der Waals surface area contributed by atoms with Crippen molar-refractivity contribution in [2.24, 2.45) is 5.92 Å². The second-order valence-corrected chi connectivity index (χ2v) is 9.20. The number of aromatic nitrogens is 3. The Kier molecular flexibility index (Phi) is 7.24. The van der Waals surface area contributed by atoms with Crippen LogP contribution in [0.3, 0.4) is 0 Å². The first kappa shape index (κ1) is 23.9. The fourth-order valence-corrected chi connectivity index (χ4v) is 4.18. The number of likely N-dealkylation sites (tertiary alicyclic amines) is 1. The predicted molar refractivity (Wildman–Crippen MR) is 122 cm³/mol. The monoisotopic (exact) mass is 441 g/mol. The first-order valence-corrected chi connectivity index (χ1v) is 10.1. The molecule has 1 saturated carbocycles. The van der Waals surface area contributed by atoms with Gasteiger partial charge in [-0.25, -0.2) is 9.67 Å². The number of halogens is 2.